The number of esters is 2. The normalized spacial score (nSPS) is 12.7. The van der Waals surface area contributed by atoms with E-state index in [4.69, 9.17) is 9.47 Å². The van der Waals surface area contributed by atoms with Crippen molar-refractivity contribution in [1.29, 1.82) is 0 Å². The minimum atomic E-state index is -3.88. The van der Waals surface area contributed by atoms with Gasteiger partial charge in [-0.2, -0.15) is 0 Å². The Morgan fingerprint density at radius 1 is 0.488 bits per heavy atom. The maximum absolute atomic E-state index is 13.6. The molecule has 0 fully saturated rings. The Morgan fingerprint density at radius 3 is 1.10 bits per heavy atom. The van der Waals surface area contributed by atoms with Crippen molar-refractivity contribution in [3.05, 3.63) is 144 Å². The fourth-order valence-corrected chi connectivity index (χ4v) is 6.46. The second-order valence-electron chi connectivity index (χ2n) is 10.0. The van der Waals surface area contributed by atoms with Crippen LogP contribution in [-0.4, -0.2) is 31.9 Å². The van der Waals surface area contributed by atoms with Crippen molar-refractivity contribution in [2.45, 2.75) is 26.1 Å². The van der Waals surface area contributed by atoms with Crippen molar-refractivity contribution in [1.82, 2.24) is 0 Å². The number of hydrogen-bond donors (Lipinski definition) is 0. The van der Waals surface area contributed by atoms with E-state index >= 15 is 0 Å². The van der Waals surface area contributed by atoms with Gasteiger partial charge in [0.2, 0.25) is 0 Å². The zero-order valence-corrected chi connectivity index (χ0v) is 23.6. The number of sulfone groups is 1. The molecule has 0 aromatic heterocycles. The Kier molecular flexibility index (Phi) is 10.9. The molecule has 4 rings (SSSR count). The molecule has 0 spiro atoms. The van der Waals surface area contributed by atoms with E-state index in [1.54, 1.807) is 0 Å². The van der Waals surface area contributed by atoms with Crippen LogP contribution in [0.4, 0.5) is 0 Å². The van der Waals surface area contributed by atoms with Gasteiger partial charge in [0.1, 0.15) is 13.2 Å². The summed E-state index contributed by atoms with van der Waals surface area (Å²) in [7, 11) is -3.88. The molecule has 0 aliphatic carbocycles. The summed E-state index contributed by atoms with van der Waals surface area (Å²) in [6, 6.07) is 37.0. The summed E-state index contributed by atoms with van der Waals surface area (Å²) in [6.45, 7) is 0.0981. The zero-order valence-electron chi connectivity index (χ0n) is 22.8. The lowest BCUT2D eigenvalue weighted by molar-refractivity contribution is -0.149. The Balaban J connectivity index is 1.49. The molecule has 41 heavy (non-hydrogen) atoms. The van der Waals surface area contributed by atoms with Gasteiger partial charge in [-0.15, -0.1) is 0 Å². The summed E-state index contributed by atoms with van der Waals surface area (Å²) >= 11 is 0. The molecule has 0 amide bonds. The van der Waals surface area contributed by atoms with Gasteiger partial charge in [-0.3, -0.25) is 9.59 Å². The van der Waals surface area contributed by atoms with E-state index in [9.17, 15) is 18.0 Å². The van der Waals surface area contributed by atoms with E-state index in [1.165, 1.54) is 0 Å². The molecule has 212 valence electrons. The largest absolute Gasteiger partial charge is 0.461 e. The van der Waals surface area contributed by atoms with E-state index in [2.05, 4.69) is 0 Å². The van der Waals surface area contributed by atoms with Gasteiger partial charge >= 0.3 is 11.9 Å². The lowest BCUT2D eigenvalue weighted by atomic mass is 10.0. The molecule has 4 aromatic rings. The number of hydrogen-bond acceptors (Lipinski definition) is 6. The van der Waals surface area contributed by atoms with Crippen LogP contribution in [0.5, 0.6) is 0 Å². The van der Waals surface area contributed by atoms with Crippen molar-refractivity contribution in [3.8, 4) is 0 Å². The van der Waals surface area contributed by atoms with E-state index < -0.39 is 45.1 Å². The molecule has 7 heteroatoms. The highest BCUT2D eigenvalue weighted by molar-refractivity contribution is 7.91. The van der Waals surface area contributed by atoms with Crippen LogP contribution < -0.4 is 0 Å². The Hall–Kier alpha value is -4.23. The molecular weight excluding hydrogens is 536 g/mol. The fourth-order valence-electron chi connectivity index (χ4n) is 4.59. The van der Waals surface area contributed by atoms with Crippen molar-refractivity contribution in [2.75, 3.05) is 11.5 Å². The highest BCUT2D eigenvalue weighted by Gasteiger charge is 2.32. The van der Waals surface area contributed by atoms with Gasteiger partial charge in [0.25, 0.3) is 0 Å². The highest BCUT2D eigenvalue weighted by Crippen LogP contribution is 2.20. The summed E-state index contributed by atoms with van der Waals surface area (Å²) in [5, 5.41) is 0. The first-order chi connectivity index (χ1) is 19.9. The van der Waals surface area contributed by atoms with E-state index in [1.807, 2.05) is 121 Å². The van der Waals surface area contributed by atoms with Crippen LogP contribution in [0.25, 0.3) is 0 Å². The van der Waals surface area contributed by atoms with Gasteiger partial charge in [-0.1, -0.05) is 121 Å². The lowest BCUT2D eigenvalue weighted by Crippen LogP contribution is -2.34. The molecule has 0 radical (unpaired) electrons. The Morgan fingerprint density at radius 2 is 0.780 bits per heavy atom. The average molecular weight is 571 g/mol. The molecule has 0 bridgehead atoms. The first kappa shape index (κ1) is 29.7. The number of benzene rings is 4. The highest BCUT2D eigenvalue weighted by atomic mass is 32.2. The predicted octanol–water partition coefficient (Wildman–Crippen LogP) is 5.61. The maximum Gasteiger partial charge on any atom is 0.310 e. The second kappa shape index (κ2) is 15.0. The number of carbonyl (C=O) groups is 2. The quantitative estimate of drug-likeness (QED) is 0.183. The third-order valence-electron chi connectivity index (χ3n) is 6.67. The molecule has 6 nitrogen and oxygen atoms in total. The molecule has 0 saturated carbocycles. The molecule has 0 heterocycles. The van der Waals surface area contributed by atoms with Crippen molar-refractivity contribution in [3.63, 3.8) is 0 Å². The van der Waals surface area contributed by atoms with Crippen molar-refractivity contribution in [2.24, 2.45) is 11.8 Å². The minimum Gasteiger partial charge on any atom is -0.461 e. The summed E-state index contributed by atoms with van der Waals surface area (Å²) in [5.41, 5.74) is 3.28. The maximum atomic E-state index is 13.6. The smallest absolute Gasteiger partial charge is 0.310 e. The summed E-state index contributed by atoms with van der Waals surface area (Å²) in [6.07, 6.45) is 0.408. The van der Waals surface area contributed by atoms with Crippen LogP contribution in [0.1, 0.15) is 22.3 Å². The molecule has 0 aliphatic heterocycles. The van der Waals surface area contributed by atoms with Gasteiger partial charge < -0.3 is 9.47 Å². The molecule has 2 unspecified atom stereocenters. The molecule has 0 N–H and O–H groups in total. The first-order valence-corrected chi connectivity index (χ1v) is 15.4. The van der Waals surface area contributed by atoms with Crippen molar-refractivity contribution >= 4 is 21.8 Å². The van der Waals surface area contributed by atoms with Gasteiger partial charge in [0.05, 0.1) is 23.3 Å². The van der Waals surface area contributed by atoms with Gasteiger partial charge in [-0.25, -0.2) is 8.42 Å². The number of rotatable bonds is 14. The van der Waals surface area contributed by atoms with Crippen LogP contribution in [0.3, 0.4) is 0 Å². The van der Waals surface area contributed by atoms with Crippen LogP contribution in [0, 0.1) is 11.8 Å². The Bertz CT molecular complexity index is 1360. The van der Waals surface area contributed by atoms with Crippen LogP contribution in [0.15, 0.2) is 121 Å². The van der Waals surface area contributed by atoms with Crippen LogP contribution in [-0.2, 0) is 55.0 Å². The van der Waals surface area contributed by atoms with Gasteiger partial charge in [-0.05, 0) is 35.1 Å². The first-order valence-electron chi connectivity index (χ1n) is 13.6. The van der Waals surface area contributed by atoms with Gasteiger partial charge in [0, 0.05) is 0 Å². The zero-order chi connectivity index (χ0) is 28.9. The summed E-state index contributed by atoms with van der Waals surface area (Å²) < 4.78 is 38.2. The van der Waals surface area contributed by atoms with Gasteiger partial charge in [0.15, 0.2) is 9.84 Å². The molecular formula is C34H34O6S. The Labute approximate surface area is 241 Å². The van der Waals surface area contributed by atoms with Crippen molar-refractivity contribution < 1.29 is 27.5 Å². The third kappa shape index (κ3) is 10.0. The summed E-state index contributed by atoms with van der Waals surface area (Å²) in [4.78, 5) is 26.4. The molecule has 0 saturated heterocycles. The summed E-state index contributed by atoms with van der Waals surface area (Å²) in [5.74, 6) is -3.91. The average Bonchev–Trinajstić information content (AvgIpc) is 3.00. The van der Waals surface area contributed by atoms with Crippen LogP contribution >= 0.6 is 0 Å². The van der Waals surface area contributed by atoms with E-state index in [0.717, 1.165) is 22.3 Å². The molecule has 4 aromatic carbocycles. The predicted molar refractivity (Wildman–Crippen MR) is 158 cm³/mol. The SMILES string of the molecule is O=C(OCc1ccccc1)C(Cc1ccccc1)CS(=O)(=O)CC(Cc1ccccc1)C(=O)OCc1ccccc1. The standard InChI is InChI=1S/C34H34O6S/c35-33(39-23-29-17-9-3-10-18-29)31(21-27-13-5-1-6-14-27)25-41(37,38)26-32(22-28-15-7-2-8-16-28)34(36)40-24-30-19-11-4-12-20-30/h1-20,31-32H,21-26H2. The van der Waals surface area contributed by atoms with E-state index in [-0.39, 0.29) is 26.1 Å². The molecule has 2 atom stereocenters. The minimum absolute atomic E-state index is 0.0491. The fraction of sp³-hybridized carbons (Fsp3) is 0.235. The third-order valence-corrected chi connectivity index (χ3v) is 8.50. The van der Waals surface area contributed by atoms with E-state index in [0.29, 0.717) is 0 Å². The van der Waals surface area contributed by atoms with Crippen LogP contribution in [0.2, 0.25) is 0 Å². The number of carbonyl (C=O) groups excluding carboxylic acids is 2. The molecule has 0 aliphatic rings. The monoisotopic (exact) mass is 570 g/mol. The lowest BCUT2D eigenvalue weighted by Gasteiger charge is -2.20. The second-order valence-corrected chi connectivity index (χ2v) is 12.2. The number of ether oxygens (including phenoxy) is 2. The topological polar surface area (TPSA) is 86.7 Å².